The molecule has 0 unspecified atom stereocenters. The molecule has 0 aliphatic rings. The van der Waals surface area contributed by atoms with E-state index in [0.717, 1.165) is 0 Å². The van der Waals surface area contributed by atoms with E-state index in [-0.39, 0.29) is 17.9 Å². The van der Waals surface area contributed by atoms with Gasteiger partial charge in [0.15, 0.2) is 11.5 Å². The number of benzene rings is 2. The Labute approximate surface area is 129 Å². The van der Waals surface area contributed by atoms with Crippen LogP contribution < -0.4 is 9.47 Å². The molecule has 0 atom stereocenters. The Kier molecular flexibility index (Phi) is 4.80. The first-order valence-corrected chi connectivity index (χ1v) is 6.78. The highest BCUT2D eigenvalue weighted by atomic mass is 79.9. The van der Waals surface area contributed by atoms with Crippen LogP contribution in [0.3, 0.4) is 0 Å². The number of aromatic carboxylic acids is 1. The molecule has 0 saturated carbocycles. The second kappa shape index (κ2) is 6.58. The van der Waals surface area contributed by atoms with Crippen molar-refractivity contribution in [1.29, 1.82) is 0 Å². The zero-order valence-corrected chi connectivity index (χ0v) is 12.7. The Morgan fingerprint density at radius 1 is 1.33 bits per heavy atom. The third-order valence-corrected chi connectivity index (χ3v) is 3.19. The maximum atomic E-state index is 13.3. The second-order valence-electron chi connectivity index (χ2n) is 4.21. The van der Waals surface area contributed by atoms with Crippen molar-refractivity contribution in [3.63, 3.8) is 0 Å². The zero-order valence-electron chi connectivity index (χ0n) is 11.1. The van der Waals surface area contributed by atoms with Crippen molar-refractivity contribution in [2.45, 2.75) is 6.61 Å². The number of methoxy groups -OCH3 is 1. The first-order chi connectivity index (χ1) is 10.0. The predicted molar refractivity (Wildman–Crippen MR) is 78.4 cm³/mol. The van der Waals surface area contributed by atoms with Crippen molar-refractivity contribution in [2.24, 2.45) is 0 Å². The summed E-state index contributed by atoms with van der Waals surface area (Å²) >= 11 is 3.19. The van der Waals surface area contributed by atoms with Crippen LogP contribution in [-0.4, -0.2) is 18.2 Å². The van der Waals surface area contributed by atoms with E-state index < -0.39 is 11.8 Å². The molecule has 4 nitrogen and oxygen atoms in total. The van der Waals surface area contributed by atoms with Crippen LogP contribution in [0.2, 0.25) is 0 Å². The van der Waals surface area contributed by atoms with Gasteiger partial charge in [0, 0.05) is 4.47 Å². The summed E-state index contributed by atoms with van der Waals surface area (Å²) in [5, 5.41) is 9.17. The fourth-order valence-corrected chi connectivity index (χ4v) is 2.36. The normalized spacial score (nSPS) is 10.2. The summed E-state index contributed by atoms with van der Waals surface area (Å²) < 4.78 is 24.5. The second-order valence-corrected chi connectivity index (χ2v) is 5.12. The molecule has 21 heavy (non-hydrogen) atoms. The number of hydrogen-bond donors (Lipinski definition) is 1. The van der Waals surface area contributed by atoms with Crippen LogP contribution in [0.1, 0.15) is 15.9 Å². The highest BCUT2D eigenvalue weighted by molar-refractivity contribution is 9.10. The average molecular weight is 355 g/mol. The summed E-state index contributed by atoms with van der Waals surface area (Å²) in [6.45, 7) is 0.0248. The quantitative estimate of drug-likeness (QED) is 0.885. The number of rotatable bonds is 5. The Balaban J connectivity index is 2.28. The lowest BCUT2D eigenvalue weighted by Crippen LogP contribution is -2.05. The Morgan fingerprint density at radius 2 is 2.10 bits per heavy atom. The van der Waals surface area contributed by atoms with Crippen molar-refractivity contribution in [3.8, 4) is 11.5 Å². The zero-order chi connectivity index (χ0) is 15.4. The highest BCUT2D eigenvalue weighted by Crippen LogP contribution is 2.32. The topological polar surface area (TPSA) is 55.8 Å². The average Bonchev–Trinajstić information content (AvgIpc) is 2.43. The first-order valence-electron chi connectivity index (χ1n) is 5.99. The van der Waals surface area contributed by atoms with E-state index in [2.05, 4.69) is 15.9 Å². The number of carboxylic acid groups (broad SMARTS) is 1. The Bertz CT molecular complexity index is 652. The van der Waals surface area contributed by atoms with Gasteiger partial charge in [0.25, 0.3) is 0 Å². The minimum atomic E-state index is -1.12. The lowest BCUT2D eigenvalue weighted by molar-refractivity contribution is 0.0691. The fourth-order valence-electron chi connectivity index (χ4n) is 1.84. The largest absolute Gasteiger partial charge is 0.493 e. The van der Waals surface area contributed by atoms with Crippen LogP contribution in [0.4, 0.5) is 4.39 Å². The van der Waals surface area contributed by atoms with Crippen LogP contribution in [0.25, 0.3) is 0 Å². The van der Waals surface area contributed by atoms with E-state index in [4.69, 9.17) is 14.6 Å². The van der Waals surface area contributed by atoms with Gasteiger partial charge in [-0.05, 0) is 35.9 Å². The standard InChI is InChI=1S/C15H12BrFO4/c1-20-13-4-2-3-12(15(18)19)14(13)21-8-9-5-10(16)7-11(17)6-9/h2-7H,8H2,1H3,(H,18,19). The van der Waals surface area contributed by atoms with Gasteiger partial charge in [-0.1, -0.05) is 22.0 Å². The highest BCUT2D eigenvalue weighted by Gasteiger charge is 2.16. The number of hydrogen-bond acceptors (Lipinski definition) is 3. The molecule has 0 fully saturated rings. The van der Waals surface area contributed by atoms with Crippen molar-refractivity contribution in [2.75, 3.05) is 7.11 Å². The minimum Gasteiger partial charge on any atom is -0.493 e. The van der Waals surface area contributed by atoms with Crippen molar-refractivity contribution in [3.05, 3.63) is 57.8 Å². The summed E-state index contributed by atoms with van der Waals surface area (Å²) in [6.07, 6.45) is 0. The summed E-state index contributed by atoms with van der Waals surface area (Å²) in [5.74, 6) is -1.09. The van der Waals surface area contributed by atoms with Crippen LogP contribution in [0.15, 0.2) is 40.9 Å². The van der Waals surface area contributed by atoms with Gasteiger partial charge in [-0.3, -0.25) is 0 Å². The fraction of sp³-hybridized carbons (Fsp3) is 0.133. The summed E-state index contributed by atoms with van der Waals surface area (Å²) in [5.41, 5.74) is 0.564. The molecular weight excluding hydrogens is 343 g/mol. The van der Waals surface area contributed by atoms with Crippen LogP contribution >= 0.6 is 15.9 Å². The maximum absolute atomic E-state index is 13.3. The molecule has 0 saturated heterocycles. The summed E-state index contributed by atoms with van der Waals surface area (Å²) in [7, 11) is 1.42. The van der Waals surface area contributed by atoms with Gasteiger partial charge in [-0.2, -0.15) is 0 Å². The van der Waals surface area contributed by atoms with Gasteiger partial charge in [0.05, 0.1) is 7.11 Å². The third-order valence-electron chi connectivity index (χ3n) is 2.73. The Morgan fingerprint density at radius 3 is 2.71 bits per heavy atom. The van der Waals surface area contributed by atoms with Crippen LogP contribution in [-0.2, 0) is 6.61 Å². The maximum Gasteiger partial charge on any atom is 0.339 e. The monoisotopic (exact) mass is 354 g/mol. The van der Waals surface area contributed by atoms with Gasteiger partial charge in [-0.25, -0.2) is 9.18 Å². The molecule has 110 valence electrons. The van der Waals surface area contributed by atoms with Crippen LogP contribution in [0.5, 0.6) is 11.5 Å². The summed E-state index contributed by atoms with van der Waals surface area (Å²) in [4.78, 5) is 11.2. The summed E-state index contributed by atoms with van der Waals surface area (Å²) in [6, 6.07) is 8.92. The van der Waals surface area contributed by atoms with Crippen molar-refractivity contribution < 1.29 is 23.8 Å². The van der Waals surface area contributed by atoms with Gasteiger partial charge in [0.2, 0.25) is 0 Å². The van der Waals surface area contributed by atoms with Gasteiger partial charge >= 0.3 is 5.97 Å². The molecular formula is C15H12BrFO4. The smallest absolute Gasteiger partial charge is 0.339 e. The number of halogens is 2. The SMILES string of the molecule is COc1cccc(C(=O)O)c1OCc1cc(F)cc(Br)c1. The van der Waals surface area contributed by atoms with E-state index >= 15 is 0 Å². The van der Waals surface area contributed by atoms with Gasteiger partial charge in [0.1, 0.15) is 18.0 Å². The molecule has 0 radical (unpaired) electrons. The molecule has 0 aliphatic heterocycles. The molecule has 2 rings (SSSR count). The molecule has 6 heteroatoms. The molecule has 0 spiro atoms. The molecule has 2 aromatic carbocycles. The molecule has 0 bridgehead atoms. The van der Waals surface area contributed by atoms with Crippen molar-refractivity contribution in [1.82, 2.24) is 0 Å². The number of ether oxygens (including phenoxy) is 2. The lowest BCUT2D eigenvalue weighted by Gasteiger charge is -2.13. The number of carbonyl (C=O) groups is 1. The molecule has 0 aliphatic carbocycles. The van der Waals surface area contributed by atoms with E-state index in [1.165, 1.54) is 25.3 Å². The molecule has 1 N–H and O–H groups in total. The predicted octanol–water partition coefficient (Wildman–Crippen LogP) is 3.87. The van der Waals surface area contributed by atoms with E-state index in [9.17, 15) is 9.18 Å². The van der Waals surface area contributed by atoms with Gasteiger partial charge < -0.3 is 14.6 Å². The molecule has 2 aromatic rings. The van der Waals surface area contributed by atoms with E-state index in [1.54, 1.807) is 18.2 Å². The minimum absolute atomic E-state index is 0.00943. The number of para-hydroxylation sites is 1. The molecule has 0 aromatic heterocycles. The van der Waals surface area contributed by atoms with Gasteiger partial charge in [-0.15, -0.1) is 0 Å². The molecule has 0 heterocycles. The van der Waals surface area contributed by atoms with E-state index in [1.807, 2.05) is 0 Å². The van der Waals surface area contributed by atoms with Crippen molar-refractivity contribution >= 4 is 21.9 Å². The third kappa shape index (κ3) is 3.72. The Hall–Kier alpha value is -2.08. The lowest BCUT2D eigenvalue weighted by atomic mass is 10.2. The molecule has 0 amide bonds. The first kappa shape index (κ1) is 15.3. The number of carboxylic acids is 1. The van der Waals surface area contributed by atoms with E-state index in [0.29, 0.717) is 15.8 Å². The van der Waals surface area contributed by atoms with Crippen LogP contribution in [0, 0.1) is 5.82 Å².